The molecule has 13 nitrogen and oxygen atoms in total. The van der Waals surface area contributed by atoms with Gasteiger partial charge in [0.25, 0.3) is 0 Å². The highest BCUT2D eigenvalue weighted by Gasteiger charge is 2.51. The third-order valence-electron chi connectivity index (χ3n) is 11.5. The van der Waals surface area contributed by atoms with Gasteiger partial charge in [0.15, 0.2) is 6.10 Å². The number of carbonyl (C=O) groups excluding carboxylic acids is 2. The summed E-state index contributed by atoms with van der Waals surface area (Å²) < 4.78 is 33.6. The second-order valence-corrected chi connectivity index (χ2v) is 18.7. The van der Waals surface area contributed by atoms with Gasteiger partial charge in [-0.2, -0.15) is 0 Å². The fraction of sp³-hybridized carbons (Fsp3) is 0.875. The van der Waals surface area contributed by atoms with Crippen molar-refractivity contribution in [2.45, 2.75) is 256 Å². The first-order valence-corrected chi connectivity index (χ1v) is 26.1. The van der Waals surface area contributed by atoms with Crippen LogP contribution in [0.15, 0.2) is 24.3 Å². The molecule has 0 amide bonds. The first kappa shape index (κ1) is 58.3. The van der Waals surface area contributed by atoms with Crippen LogP contribution in [0.25, 0.3) is 0 Å². The smallest absolute Gasteiger partial charge is 0.462 e. The molecule has 1 fully saturated rings. The number of unbranched alkanes of at least 4 members (excludes halogenated alkanes) is 25. The number of allylic oxidation sites excluding steroid dienone is 4. The third kappa shape index (κ3) is 30.5. The van der Waals surface area contributed by atoms with Gasteiger partial charge in [-0.25, -0.2) is 4.57 Å². The molecular weight excluding hydrogens is 815 g/mol. The van der Waals surface area contributed by atoms with Gasteiger partial charge in [0.05, 0.1) is 6.61 Å². The monoisotopic (exact) mass is 905 g/mol. The number of rotatable bonds is 41. The molecule has 0 spiro atoms. The lowest BCUT2D eigenvalue weighted by Crippen LogP contribution is -2.64. The van der Waals surface area contributed by atoms with E-state index in [1.165, 1.54) is 109 Å². The van der Waals surface area contributed by atoms with Gasteiger partial charge in [0.2, 0.25) is 0 Å². The summed E-state index contributed by atoms with van der Waals surface area (Å²) in [5, 5.41) is 50.2. The summed E-state index contributed by atoms with van der Waals surface area (Å²) in [5.74, 6) is -1.11. The molecule has 6 N–H and O–H groups in total. The Hall–Kier alpha value is -1.67. The second-order valence-electron chi connectivity index (χ2n) is 17.3. The van der Waals surface area contributed by atoms with E-state index in [0.717, 1.165) is 64.2 Å². The Bertz CT molecular complexity index is 1180. The number of hydrogen-bond acceptors (Lipinski definition) is 12. The van der Waals surface area contributed by atoms with E-state index in [4.69, 9.17) is 18.5 Å². The van der Waals surface area contributed by atoms with Crippen LogP contribution in [-0.2, 0) is 32.7 Å². The van der Waals surface area contributed by atoms with Crippen LogP contribution in [0.4, 0.5) is 0 Å². The minimum atomic E-state index is -5.12. The van der Waals surface area contributed by atoms with Gasteiger partial charge in [-0.1, -0.05) is 186 Å². The van der Waals surface area contributed by atoms with Gasteiger partial charge in [0, 0.05) is 12.8 Å². The number of aliphatic hydroxyl groups excluding tert-OH is 5. The van der Waals surface area contributed by atoms with Crippen LogP contribution in [0.2, 0.25) is 0 Å². The Kier molecular flexibility index (Phi) is 36.3. The molecule has 0 heterocycles. The fourth-order valence-corrected chi connectivity index (χ4v) is 8.51. The van der Waals surface area contributed by atoms with E-state index in [1.54, 1.807) is 0 Å². The second kappa shape index (κ2) is 38.6. The average molecular weight is 905 g/mol. The van der Waals surface area contributed by atoms with Crippen LogP contribution in [0.5, 0.6) is 0 Å². The van der Waals surface area contributed by atoms with Crippen molar-refractivity contribution < 1.29 is 63.1 Å². The topological polar surface area (TPSA) is 210 Å². The van der Waals surface area contributed by atoms with E-state index in [2.05, 4.69) is 38.2 Å². The molecule has 0 aliphatic heterocycles. The third-order valence-corrected chi connectivity index (χ3v) is 12.5. The van der Waals surface area contributed by atoms with Gasteiger partial charge < -0.3 is 39.9 Å². The van der Waals surface area contributed by atoms with E-state index < -0.39 is 75.7 Å². The van der Waals surface area contributed by atoms with Gasteiger partial charge >= 0.3 is 19.8 Å². The van der Waals surface area contributed by atoms with Crippen LogP contribution in [-0.4, -0.2) is 98.3 Å². The van der Waals surface area contributed by atoms with Gasteiger partial charge in [-0.3, -0.25) is 18.6 Å². The van der Waals surface area contributed by atoms with Gasteiger partial charge in [0.1, 0.15) is 43.2 Å². The zero-order valence-corrected chi connectivity index (χ0v) is 39.6. The first-order chi connectivity index (χ1) is 29.9. The van der Waals surface area contributed by atoms with Crippen LogP contribution in [0.3, 0.4) is 0 Å². The van der Waals surface area contributed by atoms with Crippen molar-refractivity contribution in [3.8, 4) is 0 Å². The number of esters is 2. The largest absolute Gasteiger partial charge is 0.472 e. The Morgan fingerprint density at radius 2 is 0.887 bits per heavy atom. The fourth-order valence-electron chi connectivity index (χ4n) is 7.54. The Morgan fingerprint density at radius 3 is 1.35 bits per heavy atom. The zero-order valence-electron chi connectivity index (χ0n) is 38.7. The minimum Gasteiger partial charge on any atom is -0.462 e. The molecular formula is C48H89O13P. The number of phosphoric acid groups is 1. The van der Waals surface area contributed by atoms with E-state index in [-0.39, 0.29) is 12.8 Å². The van der Waals surface area contributed by atoms with Crippen LogP contribution in [0, 0.1) is 0 Å². The molecule has 0 saturated heterocycles. The molecule has 1 rings (SSSR count). The summed E-state index contributed by atoms with van der Waals surface area (Å²) in [7, 11) is -5.12. The standard InChI is InChI=1S/C48H89O13P/c1-3-5-7-9-11-13-15-17-19-20-21-22-23-25-26-28-30-32-34-36-41(49)58-38-40(39-59-62(56,57)61-48-46(54)44(52)43(51)45(53)47(48)55)60-42(50)37-35-33-31-29-27-24-18-16-14-12-10-8-6-4-2/h10,12,16,18,40,43-48,51-55H,3-9,11,13-15,17,19-39H2,1-2H3,(H,56,57)/b12-10-,18-16-. The quantitative estimate of drug-likeness (QED) is 0.0146. The molecule has 0 aromatic rings. The molecule has 0 aromatic carbocycles. The SMILES string of the molecule is CCCC/C=C\C/C=C\CCCCCCCC(=O)OC(COC(=O)CCCCCCCCCCCCCCCCCCCCC)COP(=O)(O)OC1C(O)C(O)C(O)C(O)C1O. The lowest BCUT2D eigenvalue weighted by molar-refractivity contribution is -0.220. The van der Waals surface area contributed by atoms with Crippen molar-refractivity contribution in [3.63, 3.8) is 0 Å². The van der Waals surface area contributed by atoms with Gasteiger partial charge in [-0.15, -0.1) is 0 Å². The predicted octanol–water partition coefficient (Wildman–Crippen LogP) is 10.0. The maximum absolute atomic E-state index is 12.8. The van der Waals surface area contributed by atoms with Crippen molar-refractivity contribution in [1.82, 2.24) is 0 Å². The maximum Gasteiger partial charge on any atom is 0.472 e. The van der Waals surface area contributed by atoms with E-state index in [1.807, 2.05) is 0 Å². The number of aliphatic hydroxyl groups is 5. The number of phosphoric ester groups is 1. The summed E-state index contributed by atoms with van der Waals surface area (Å²) in [6, 6.07) is 0. The lowest BCUT2D eigenvalue weighted by Gasteiger charge is -2.41. The Balaban J connectivity index is 2.40. The highest BCUT2D eigenvalue weighted by Crippen LogP contribution is 2.47. The van der Waals surface area contributed by atoms with Crippen LogP contribution < -0.4 is 0 Å². The Labute approximate surface area is 375 Å². The summed E-state index contributed by atoms with van der Waals surface area (Å²) in [5.41, 5.74) is 0. The summed E-state index contributed by atoms with van der Waals surface area (Å²) in [6.07, 6.45) is 29.4. The maximum atomic E-state index is 12.8. The van der Waals surface area contributed by atoms with E-state index >= 15 is 0 Å². The number of ether oxygens (including phenoxy) is 2. The Morgan fingerprint density at radius 1 is 0.500 bits per heavy atom. The molecule has 0 aromatic heterocycles. The molecule has 1 aliphatic carbocycles. The minimum absolute atomic E-state index is 0.0833. The van der Waals surface area contributed by atoms with Crippen molar-refractivity contribution in [2.75, 3.05) is 13.2 Å². The van der Waals surface area contributed by atoms with Crippen LogP contribution in [0.1, 0.15) is 213 Å². The molecule has 6 atom stereocenters. The van der Waals surface area contributed by atoms with Crippen molar-refractivity contribution in [2.24, 2.45) is 0 Å². The zero-order chi connectivity index (χ0) is 45.7. The molecule has 0 bridgehead atoms. The normalized spacial score (nSPS) is 22.0. The molecule has 62 heavy (non-hydrogen) atoms. The molecule has 0 radical (unpaired) electrons. The highest BCUT2D eigenvalue weighted by molar-refractivity contribution is 7.47. The predicted molar refractivity (Wildman–Crippen MR) is 244 cm³/mol. The molecule has 1 saturated carbocycles. The average Bonchev–Trinajstić information content (AvgIpc) is 3.25. The van der Waals surface area contributed by atoms with Crippen molar-refractivity contribution >= 4 is 19.8 Å². The lowest BCUT2D eigenvalue weighted by atomic mass is 9.85. The van der Waals surface area contributed by atoms with Gasteiger partial charge in [-0.05, 0) is 38.5 Å². The van der Waals surface area contributed by atoms with E-state index in [9.17, 15) is 44.6 Å². The highest BCUT2D eigenvalue weighted by atomic mass is 31.2. The molecule has 6 unspecified atom stereocenters. The number of hydrogen-bond donors (Lipinski definition) is 6. The van der Waals surface area contributed by atoms with Crippen LogP contribution >= 0.6 is 7.82 Å². The van der Waals surface area contributed by atoms with Crippen molar-refractivity contribution in [3.05, 3.63) is 24.3 Å². The van der Waals surface area contributed by atoms with Crippen molar-refractivity contribution in [1.29, 1.82) is 0 Å². The summed E-state index contributed by atoms with van der Waals surface area (Å²) >= 11 is 0. The summed E-state index contributed by atoms with van der Waals surface area (Å²) in [6.45, 7) is 3.27. The number of carbonyl (C=O) groups is 2. The first-order valence-electron chi connectivity index (χ1n) is 24.6. The van der Waals surface area contributed by atoms with E-state index in [0.29, 0.717) is 12.8 Å². The summed E-state index contributed by atoms with van der Waals surface area (Å²) in [4.78, 5) is 35.7. The molecule has 14 heteroatoms. The molecule has 1 aliphatic rings. The molecule has 364 valence electrons.